The lowest BCUT2D eigenvalue weighted by molar-refractivity contribution is -0.120. The van der Waals surface area contributed by atoms with Crippen LogP contribution in [0.4, 0.5) is 4.39 Å². The van der Waals surface area contributed by atoms with Crippen LogP contribution in [0.3, 0.4) is 0 Å². The van der Waals surface area contributed by atoms with E-state index in [-0.39, 0.29) is 18.1 Å². The molecular weight excluding hydrogens is 339 g/mol. The smallest absolute Gasteiger partial charge is 0.238 e. The maximum Gasteiger partial charge on any atom is 0.238 e. The summed E-state index contributed by atoms with van der Waals surface area (Å²) in [6.07, 6.45) is 0.232. The van der Waals surface area contributed by atoms with Gasteiger partial charge >= 0.3 is 0 Å². The zero-order valence-electron chi connectivity index (χ0n) is 11.1. The Kier molecular flexibility index (Phi) is 5.30. The first-order chi connectivity index (χ1) is 10.1. The molecule has 6 heteroatoms. The molecule has 0 aliphatic rings. The summed E-state index contributed by atoms with van der Waals surface area (Å²) >= 11 is 3.09. The van der Waals surface area contributed by atoms with Gasteiger partial charge in [0.25, 0.3) is 0 Å². The Morgan fingerprint density at radius 1 is 1.19 bits per heavy atom. The summed E-state index contributed by atoms with van der Waals surface area (Å²) in [5.74, 6) is 4.88. The molecule has 0 unspecified atom stereocenters. The molecule has 0 spiro atoms. The number of rotatable bonds is 5. The molecule has 0 heterocycles. The fraction of sp³-hybridized carbons (Fsp3) is 0.133. The predicted molar refractivity (Wildman–Crippen MR) is 80.9 cm³/mol. The Balaban J connectivity index is 1.94. The van der Waals surface area contributed by atoms with Gasteiger partial charge in [-0.3, -0.25) is 10.2 Å². The van der Waals surface area contributed by atoms with Gasteiger partial charge in [0.2, 0.25) is 5.91 Å². The summed E-state index contributed by atoms with van der Waals surface area (Å²) in [5.41, 5.74) is 3.87. The summed E-state index contributed by atoms with van der Waals surface area (Å²) in [4.78, 5) is 11.1. The van der Waals surface area contributed by atoms with Crippen molar-refractivity contribution in [3.8, 4) is 5.75 Å². The van der Waals surface area contributed by atoms with Crippen molar-refractivity contribution >= 4 is 21.8 Å². The van der Waals surface area contributed by atoms with E-state index in [0.717, 1.165) is 11.1 Å². The highest BCUT2D eigenvalue weighted by Crippen LogP contribution is 2.21. The summed E-state index contributed by atoms with van der Waals surface area (Å²) in [7, 11) is 0. The molecule has 0 saturated heterocycles. The third-order valence-corrected chi connectivity index (χ3v) is 3.49. The van der Waals surface area contributed by atoms with Crippen molar-refractivity contribution in [1.82, 2.24) is 5.43 Å². The second kappa shape index (κ2) is 7.19. The maximum atomic E-state index is 13.3. The van der Waals surface area contributed by atoms with Gasteiger partial charge in [-0.1, -0.05) is 24.3 Å². The number of amides is 1. The van der Waals surface area contributed by atoms with Crippen molar-refractivity contribution in [2.45, 2.75) is 13.0 Å². The Labute approximate surface area is 130 Å². The first kappa shape index (κ1) is 15.5. The lowest BCUT2D eigenvalue weighted by Gasteiger charge is -2.08. The molecule has 21 heavy (non-hydrogen) atoms. The monoisotopic (exact) mass is 352 g/mol. The fourth-order valence-electron chi connectivity index (χ4n) is 1.72. The number of halogens is 2. The number of hydrazine groups is 1. The van der Waals surface area contributed by atoms with Crippen molar-refractivity contribution in [2.24, 2.45) is 5.84 Å². The van der Waals surface area contributed by atoms with Crippen LogP contribution in [-0.2, 0) is 17.8 Å². The number of benzene rings is 2. The summed E-state index contributed by atoms with van der Waals surface area (Å²) < 4.78 is 19.2. The quantitative estimate of drug-likeness (QED) is 0.494. The van der Waals surface area contributed by atoms with Gasteiger partial charge in [0.05, 0.1) is 10.9 Å². The number of hydrogen-bond donors (Lipinski definition) is 2. The molecule has 4 nitrogen and oxygen atoms in total. The van der Waals surface area contributed by atoms with Gasteiger partial charge in [-0.25, -0.2) is 10.2 Å². The van der Waals surface area contributed by atoms with E-state index >= 15 is 0 Å². The highest BCUT2D eigenvalue weighted by atomic mass is 79.9. The standard InChI is InChI=1S/C15H14BrFN2O2/c16-13-6-5-12(8-14(13)17)21-9-11-3-1-10(2-4-11)7-15(20)19-18/h1-6,8H,7,9,18H2,(H,19,20). The van der Waals surface area contributed by atoms with Crippen molar-refractivity contribution in [1.29, 1.82) is 0 Å². The van der Waals surface area contributed by atoms with Gasteiger partial charge in [-0.2, -0.15) is 0 Å². The van der Waals surface area contributed by atoms with Crippen LogP contribution in [0.5, 0.6) is 5.75 Å². The molecule has 0 aliphatic heterocycles. The number of carbonyl (C=O) groups is 1. The average molecular weight is 353 g/mol. The first-order valence-electron chi connectivity index (χ1n) is 6.23. The van der Waals surface area contributed by atoms with Crippen LogP contribution >= 0.6 is 15.9 Å². The Bertz CT molecular complexity index is 632. The molecule has 0 bridgehead atoms. The van der Waals surface area contributed by atoms with E-state index in [0.29, 0.717) is 16.8 Å². The minimum absolute atomic E-state index is 0.232. The number of carbonyl (C=O) groups excluding carboxylic acids is 1. The van der Waals surface area contributed by atoms with Gasteiger partial charge in [0, 0.05) is 6.07 Å². The van der Waals surface area contributed by atoms with E-state index < -0.39 is 0 Å². The van der Waals surface area contributed by atoms with Gasteiger partial charge in [-0.05, 0) is 39.2 Å². The molecule has 110 valence electrons. The zero-order valence-corrected chi connectivity index (χ0v) is 12.7. The minimum atomic E-state index is -0.365. The maximum absolute atomic E-state index is 13.3. The molecule has 2 rings (SSSR count). The molecule has 0 aromatic heterocycles. The molecule has 0 aliphatic carbocycles. The van der Waals surface area contributed by atoms with Crippen molar-refractivity contribution in [2.75, 3.05) is 0 Å². The Morgan fingerprint density at radius 2 is 1.86 bits per heavy atom. The molecule has 2 aromatic carbocycles. The summed E-state index contributed by atoms with van der Waals surface area (Å²) in [5, 5.41) is 0. The summed E-state index contributed by atoms with van der Waals surface area (Å²) in [6.45, 7) is 0.324. The van der Waals surface area contributed by atoms with E-state index in [2.05, 4.69) is 21.4 Å². The average Bonchev–Trinajstić information content (AvgIpc) is 2.50. The highest BCUT2D eigenvalue weighted by Gasteiger charge is 2.03. The third kappa shape index (κ3) is 4.54. The molecule has 0 atom stereocenters. The fourth-order valence-corrected chi connectivity index (χ4v) is 1.97. The lowest BCUT2D eigenvalue weighted by Crippen LogP contribution is -2.31. The van der Waals surface area contributed by atoms with Crippen LogP contribution in [0, 0.1) is 5.82 Å². The number of nitrogens with two attached hydrogens (primary N) is 1. The molecule has 3 N–H and O–H groups in total. The molecule has 2 aromatic rings. The van der Waals surface area contributed by atoms with E-state index in [4.69, 9.17) is 10.6 Å². The number of ether oxygens (including phenoxy) is 1. The van der Waals surface area contributed by atoms with Gasteiger partial charge in [0.1, 0.15) is 18.2 Å². The van der Waals surface area contributed by atoms with Gasteiger partial charge < -0.3 is 4.74 Å². The first-order valence-corrected chi connectivity index (χ1v) is 7.03. The van der Waals surface area contributed by atoms with Crippen molar-refractivity contribution < 1.29 is 13.9 Å². The lowest BCUT2D eigenvalue weighted by atomic mass is 10.1. The van der Waals surface area contributed by atoms with E-state index in [1.54, 1.807) is 12.1 Å². The second-order valence-corrected chi connectivity index (χ2v) is 5.28. The second-order valence-electron chi connectivity index (χ2n) is 4.43. The largest absolute Gasteiger partial charge is 0.489 e. The molecule has 0 fully saturated rings. The van der Waals surface area contributed by atoms with Crippen molar-refractivity contribution in [3.05, 3.63) is 63.9 Å². The Hall–Kier alpha value is -1.92. The van der Waals surface area contributed by atoms with Crippen LogP contribution in [0.25, 0.3) is 0 Å². The SMILES string of the molecule is NNC(=O)Cc1ccc(COc2ccc(Br)c(F)c2)cc1. The van der Waals surface area contributed by atoms with E-state index in [1.165, 1.54) is 6.07 Å². The Morgan fingerprint density at radius 3 is 2.48 bits per heavy atom. The van der Waals surface area contributed by atoms with Crippen LogP contribution in [-0.4, -0.2) is 5.91 Å². The molecule has 1 amide bonds. The van der Waals surface area contributed by atoms with Crippen molar-refractivity contribution in [3.63, 3.8) is 0 Å². The topological polar surface area (TPSA) is 64.3 Å². The third-order valence-electron chi connectivity index (χ3n) is 2.85. The zero-order chi connectivity index (χ0) is 15.2. The van der Waals surface area contributed by atoms with Crippen LogP contribution < -0.4 is 16.0 Å². The van der Waals surface area contributed by atoms with E-state index in [9.17, 15) is 9.18 Å². The summed E-state index contributed by atoms with van der Waals surface area (Å²) in [6, 6.07) is 12.0. The minimum Gasteiger partial charge on any atom is -0.489 e. The number of hydrogen-bond acceptors (Lipinski definition) is 3. The van der Waals surface area contributed by atoms with Crippen LogP contribution in [0.1, 0.15) is 11.1 Å². The van der Waals surface area contributed by atoms with Crippen LogP contribution in [0.15, 0.2) is 46.9 Å². The molecular formula is C15H14BrFN2O2. The van der Waals surface area contributed by atoms with Gasteiger partial charge in [0.15, 0.2) is 0 Å². The highest BCUT2D eigenvalue weighted by molar-refractivity contribution is 9.10. The van der Waals surface area contributed by atoms with E-state index in [1.807, 2.05) is 24.3 Å². The number of nitrogens with one attached hydrogen (secondary N) is 1. The normalized spacial score (nSPS) is 10.2. The predicted octanol–water partition coefficient (Wildman–Crippen LogP) is 2.70. The van der Waals surface area contributed by atoms with Gasteiger partial charge in [-0.15, -0.1) is 0 Å². The molecule has 0 saturated carbocycles. The molecule has 0 radical (unpaired) electrons. The van der Waals surface area contributed by atoms with Crippen LogP contribution in [0.2, 0.25) is 0 Å².